The zero-order valence-electron chi connectivity index (χ0n) is 11.3. The van der Waals surface area contributed by atoms with Crippen LogP contribution in [-0.4, -0.2) is 46.0 Å². The number of rotatable bonds is 3. The first-order valence-electron chi connectivity index (χ1n) is 7.28. The molecular weight excluding hydrogens is 262 g/mol. The fraction of sp³-hybridized carbons (Fsp3) is 0.857. The molecule has 1 heterocycles. The first-order valence-corrected chi connectivity index (χ1v) is 8.44. The highest BCUT2D eigenvalue weighted by Gasteiger charge is 2.32. The van der Waals surface area contributed by atoms with E-state index in [0.29, 0.717) is 0 Å². The van der Waals surface area contributed by atoms with E-state index in [9.17, 15) is 9.59 Å². The number of carbonyl (C=O) groups excluding carboxylic acids is 1. The second kappa shape index (κ2) is 7.17. The number of hydrogen-bond acceptors (Lipinski definition) is 3. The summed E-state index contributed by atoms with van der Waals surface area (Å²) in [7, 11) is 0. The maximum Gasteiger partial charge on any atom is 0.305 e. The number of carboxylic acids is 1. The number of hydrogen-bond donors (Lipinski definition) is 1. The molecule has 2 fully saturated rings. The number of carbonyl (C=O) groups is 2. The Bertz CT molecular complexity index is 327. The summed E-state index contributed by atoms with van der Waals surface area (Å²) < 4.78 is 0. The van der Waals surface area contributed by atoms with Gasteiger partial charge in [0.25, 0.3) is 0 Å². The molecule has 1 saturated carbocycles. The molecule has 1 N–H and O–H groups in total. The number of carboxylic acid groups (broad SMARTS) is 1. The van der Waals surface area contributed by atoms with Crippen molar-refractivity contribution in [3.63, 3.8) is 0 Å². The van der Waals surface area contributed by atoms with Crippen molar-refractivity contribution in [2.75, 3.05) is 18.1 Å². The Kier molecular flexibility index (Phi) is 5.55. The zero-order chi connectivity index (χ0) is 13.7. The standard InChI is InChI=1S/C14H23NO3S/c16-13(17)9-12-10-19-8-7-15(12)14(18)11-5-3-1-2-4-6-11/h11-12H,1-10H2,(H,16,17). The van der Waals surface area contributed by atoms with Crippen molar-refractivity contribution in [3.05, 3.63) is 0 Å². The number of aliphatic carboxylic acids is 1. The molecule has 108 valence electrons. The molecule has 0 spiro atoms. The second-order valence-electron chi connectivity index (χ2n) is 5.55. The molecule has 19 heavy (non-hydrogen) atoms. The Morgan fingerprint density at radius 2 is 1.84 bits per heavy atom. The van der Waals surface area contributed by atoms with E-state index in [1.807, 2.05) is 4.90 Å². The number of thioether (sulfide) groups is 1. The Morgan fingerprint density at radius 3 is 2.47 bits per heavy atom. The maximum absolute atomic E-state index is 12.6. The van der Waals surface area contributed by atoms with E-state index in [1.54, 1.807) is 11.8 Å². The molecule has 1 amide bonds. The molecule has 1 aliphatic heterocycles. The lowest BCUT2D eigenvalue weighted by atomic mass is 9.97. The van der Waals surface area contributed by atoms with E-state index in [2.05, 4.69) is 0 Å². The average Bonchev–Trinajstić information content (AvgIpc) is 2.67. The van der Waals surface area contributed by atoms with Gasteiger partial charge in [-0.15, -0.1) is 0 Å². The van der Waals surface area contributed by atoms with Gasteiger partial charge in [-0.25, -0.2) is 0 Å². The lowest BCUT2D eigenvalue weighted by molar-refractivity contribution is -0.142. The highest BCUT2D eigenvalue weighted by atomic mass is 32.2. The van der Waals surface area contributed by atoms with Gasteiger partial charge in [0.2, 0.25) is 5.91 Å². The van der Waals surface area contributed by atoms with Crippen LogP contribution in [0.1, 0.15) is 44.9 Å². The summed E-state index contributed by atoms with van der Waals surface area (Å²) in [5.41, 5.74) is 0. The predicted octanol–water partition coefficient (Wildman–Crippen LogP) is 2.38. The zero-order valence-corrected chi connectivity index (χ0v) is 12.2. The second-order valence-corrected chi connectivity index (χ2v) is 6.70. The van der Waals surface area contributed by atoms with E-state index in [0.717, 1.165) is 43.7 Å². The van der Waals surface area contributed by atoms with Crippen LogP contribution in [0, 0.1) is 5.92 Å². The van der Waals surface area contributed by atoms with Crippen molar-refractivity contribution in [2.45, 2.75) is 51.0 Å². The van der Waals surface area contributed by atoms with Gasteiger partial charge in [-0.05, 0) is 12.8 Å². The summed E-state index contributed by atoms with van der Waals surface area (Å²) in [5, 5.41) is 8.97. The summed E-state index contributed by atoms with van der Waals surface area (Å²) in [5.74, 6) is 1.26. The minimum absolute atomic E-state index is 0.0887. The molecular formula is C14H23NO3S. The van der Waals surface area contributed by atoms with Crippen LogP contribution < -0.4 is 0 Å². The maximum atomic E-state index is 12.6. The van der Waals surface area contributed by atoms with E-state index in [4.69, 9.17) is 5.11 Å². The van der Waals surface area contributed by atoms with Crippen molar-refractivity contribution < 1.29 is 14.7 Å². The van der Waals surface area contributed by atoms with E-state index < -0.39 is 5.97 Å². The molecule has 2 aliphatic rings. The third-order valence-electron chi connectivity index (χ3n) is 4.13. The molecule has 0 aromatic rings. The van der Waals surface area contributed by atoms with Crippen molar-refractivity contribution >= 4 is 23.6 Å². The Hall–Kier alpha value is -0.710. The molecule has 5 heteroatoms. The molecule has 1 atom stereocenters. The van der Waals surface area contributed by atoms with Gasteiger partial charge >= 0.3 is 5.97 Å². The van der Waals surface area contributed by atoms with Crippen molar-refractivity contribution in [1.29, 1.82) is 0 Å². The minimum atomic E-state index is -0.800. The van der Waals surface area contributed by atoms with E-state index in [-0.39, 0.29) is 24.3 Å². The molecule has 1 aliphatic carbocycles. The molecule has 0 aromatic heterocycles. The van der Waals surface area contributed by atoms with Gasteiger partial charge in [0.15, 0.2) is 0 Å². The van der Waals surface area contributed by atoms with E-state index >= 15 is 0 Å². The summed E-state index contributed by atoms with van der Waals surface area (Å²) in [6.07, 6.45) is 6.82. The lowest BCUT2D eigenvalue weighted by Crippen LogP contribution is -2.49. The van der Waals surface area contributed by atoms with Crippen LogP contribution >= 0.6 is 11.8 Å². The molecule has 2 rings (SSSR count). The molecule has 0 bridgehead atoms. The van der Waals surface area contributed by atoms with Gasteiger partial charge in [0, 0.05) is 24.0 Å². The third kappa shape index (κ3) is 4.13. The highest BCUT2D eigenvalue weighted by Crippen LogP contribution is 2.28. The molecule has 0 aromatic carbocycles. The topological polar surface area (TPSA) is 57.6 Å². The van der Waals surface area contributed by atoms with Crippen molar-refractivity contribution in [2.24, 2.45) is 5.92 Å². The average molecular weight is 285 g/mol. The third-order valence-corrected chi connectivity index (χ3v) is 5.22. The fourth-order valence-corrected chi connectivity index (χ4v) is 4.14. The van der Waals surface area contributed by atoms with Crippen LogP contribution in [-0.2, 0) is 9.59 Å². The van der Waals surface area contributed by atoms with Crippen LogP contribution in [0.2, 0.25) is 0 Å². The van der Waals surface area contributed by atoms with Crippen molar-refractivity contribution in [3.8, 4) is 0 Å². The van der Waals surface area contributed by atoms with Gasteiger partial charge in [-0.3, -0.25) is 9.59 Å². The first-order chi connectivity index (χ1) is 9.18. The SMILES string of the molecule is O=C(O)CC1CSCCN1C(=O)C1CCCCCC1. The molecule has 0 radical (unpaired) electrons. The van der Waals surface area contributed by atoms with Gasteiger partial charge in [-0.2, -0.15) is 11.8 Å². The lowest BCUT2D eigenvalue weighted by Gasteiger charge is -2.36. The fourth-order valence-electron chi connectivity index (χ4n) is 3.08. The van der Waals surface area contributed by atoms with Gasteiger partial charge in [0.1, 0.15) is 0 Å². The highest BCUT2D eigenvalue weighted by molar-refractivity contribution is 7.99. The smallest absolute Gasteiger partial charge is 0.305 e. The quantitative estimate of drug-likeness (QED) is 0.809. The predicted molar refractivity (Wildman–Crippen MR) is 76.3 cm³/mol. The van der Waals surface area contributed by atoms with Crippen molar-refractivity contribution in [1.82, 2.24) is 4.90 Å². The van der Waals surface area contributed by atoms with Crippen LogP contribution in [0.4, 0.5) is 0 Å². The Morgan fingerprint density at radius 1 is 1.16 bits per heavy atom. The van der Waals surface area contributed by atoms with Gasteiger partial charge < -0.3 is 10.0 Å². The normalized spacial score (nSPS) is 25.9. The molecule has 1 unspecified atom stereocenters. The van der Waals surface area contributed by atoms with Crippen LogP contribution in [0.15, 0.2) is 0 Å². The first kappa shape index (κ1) is 14.7. The van der Waals surface area contributed by atoms with Crippen LogP contribution in [0.3, 0.4) is 0 Å². The molecule has 1 saturated heterocycles. The largest absolute Gasteiger partial charge is 0.481 e. The summed E-state index contributed by atoms with van der Waals surface area (Å²) >= 11 is 1.76. The van der Waals surface area contributed by atoms with Gasteiger partial charge in [-0.1, -0.05) is 25.7 Å². The van der Waals surface area contributed by atoms with Crippen LogP contribution in [0.5, 0.6) is 0 Å². The van der Waals surface area contributed by atoms with E-state index in [1.165, 1.54) is 12.8 Å². The Labute approximate surface area is 118 Å². The Balaban J connectivity index is 1.99. The van der Waals surface area contributed by atoms with Crippen LogP contribution in [0.25, 0.3) is 0 Å². The summed E-state index contributed by atoms with van der Waals surface area (Å²) in [4.78, 5) is 25.4. The van der Waals surface area contributed by atoms with Gasteiger partial charge in [0.05, 0.1) is 12.5 Å². The monoisotopic (exact) mass is 285 g/mol. The summed E-state index contributed by atoms with van der Waals surface area (Å²) in [6, 6.07) is -0.105. The minimum Gasteiger partial charge on any atom is -0.481 e. The summed E-state index contributed by atoms with van der Waals surface area (Å²) in [6.45, 7) is 0.720. The number of amides is 1. The molecule has 4 nitrogen and oxygen atoms in total. The number of nitrogens with zero attached hydrogens (tertiary/aromatic N) is 1.